The van der Waals surface area contributed by atoms with E-state index in [1.165, 1.54) is 5.56 Å². The summed E-state index contributed by atoms with van der Waals surface area (Å²) in [6.45, 7) is 9.51. The molecule has 20 heavy (non-hydrogen) atoms. The first-order chi connectivity index (χ1) is 9.52. The van der Waals surface area contributed by atoms with Crippen LogP contribution < -0.4 is 10.6 Å². The second kappa shape index (κ2) is 8.75. The van der Waals surface area contributed by atoms with Gasteiger partial charge in [0.2, 0.25) is 5.91 Å². The Morgan fingerprint density at radius 1 is 1.15 bits per heavy atom. The molecule has 0 fully saturated rings. The Balaban J connectivity index is 2.35. The summed E-state index contributed by atoms with van der Waals surface area (Å²) in [6, 6.07) is 8.66. The van der Waals surface area contributed by atoms with Gasteiger partial charge in [-0.15, -0.1) is 0 Å². The molecule has 1 unspecified atom stereocenters. The molecule has 0 spiro atoms. The lowest BCUT2D eigenvalue weighted by atomic mass is 9.99. The van der Waals surface area contributed by atoms with E-state index in [0.29, 0.717) is 18.4 Å². The van der Waals surface area contributed by atoms with Crippen molar-refractivity contribution in [3.05, 3.63) is 29.8 Å². The van der Waals surface area contributed by atoms with E-state index in [0.717, 1.165) is 25.1 Å². The maximum atomic E-state index is 11.8. The van der Waals surface area contributed by atoms with Crippen LogP contribution in [0.4, 0.5) is 5.69 Å². The van der Waals surface area contributed by atoms with E-state index in [9.17, 15) is 4.79 Å². The number of carbonyl (C=O) groups is 1. The minimum atomic E-state index is 0.0897. The first-order valence-electron chi connectivity index (χ1n) is 7.66. The molecular weight excluding hydrogens is 248 g/mol. The number of hydrogen-bond donors (Lipinski definition) is 2. The van der Waals surface area contributed by atoms with Crippen molar-refractivity contribution in [3.63, 3.8) is 0 Å². The summed E-state index contributed by atoms with van der Waals surface area (Å²) in [7, 11) is 0. The van der Waals surface area contributed by atoms with Gasteiger partial charge >= 0.3 is 0 Å². The highest BCUT2D eigenvalue weighted by atomic mass is 16.1. The van der Waals surface area contributed by atoms with Crippen LogP contribution in [-0.4, -0.2) is 18.5 Å². The number of hydrogen-bond acceptors (Lipinski definition) is 2. The number of benzene rings is 1. The van der Waals surface area contributed by atoms with E-state index >= 15 is 0 Å². The molecule has 0 radical (unpaired) electrons. The van der Waals surface area contributed by atoms with Gasteiger partial charge in [-0.1, -0.05) is 39.8 Å². The summed E-state index contributed by atoms with van der Waals surface area (Å²) in [6.07, 6.45) is 2.57. The largest absolute Gasteiger partial charge is 0.326 e. The number of carbonyl (C=O) groups excluding carboxylic acids is 1. The van der Waals surface area contributed by atoms with Gasteiger partial charge < -0.3 is 10.6 Å². The highest BCUT2D eigenvalue weighted by molar-refractivity contribution is 5.90. The summed E-state index contributed by atoms with van der Waals surface area (Å²) in [4.78, 5) is 11.8. The second-order valence-electron chi connectivity index (χ2n) is 5.69. The van der Waals surface area contributed by atoms with E-state index in [4.69, 9.17) is 0 Å². The Labute approximate surface area is 123 Å². The Hall–Kier alpha value is -1.35. The van der Waals surface area contributed by atoms with Gasteiger partial charge in [0.15, 0.2) is 0 Å². The maximum absolute atomic E-state index is 11.8. The van der Waals surface area contributed by atoms with Crippen molar-refractivity contribution in [3.8, 4) is 0 Å². The molecule has 0 aliphatic rings. The van der Waals surface area contributed by atoms with Crippen LogP contribution in [-0.2, 0) is 4.79 Å². The molecule has 0 bridgehead atoms. The monoisotopic (exact) mass is 276 g/mol. The van der Waals surface area contributed by atoms with Crippen molar-refractivity contribution in [1.82, 2.24) is 5.32 Å². The highest BCUT2D eigenvalue weighted by Gasteiger charge is 2.05. The van der Waals surface area contributed by atoms with Gasteiger partial charge in [0.25, 0.3) is 0 Å². The van der Waals surface area contributed by atoms with Gasteiger partial charge in [0.1, 0.15) is 0 Å². The highest BCUT2D eigenvalue weighted by Crippen LogP contribution is 2.20. The second-order valence-corrected chi connectivity index (χ2v) is 5.69. The lowest BCUT2D eigenvalue weighted by Gasteiger charge is -2.11. The number of anilines is 1. The van der Waals surface area contributed by atoms with Crippen molar-refractivity contribution in [2.75, 3.05) is 11.9 Å². The molecule has 112 valence electrons. The van der Waals surface area contributed by atoms with Crippen LogP contribution in [0.5, 0.6) is 0 Å². The van der Waals surface area contributed by atoms with Crippen LogP contribution in [0.1, 0.15) is 58.4 Å². The molecule has 0 heterocycles. The van der Waals surface area contributed by atoms with E-state index in [1.54, 1.807) is 0 Å². The molecule has 3 nitrogen and oxygen atoms in total. The quantitative estimate of drug-likeness (QED) is 0.707. The SMILES string of the molecule is CCC(C)c1ccc(NC(=O)CCCNC(C)C)cc1. The smallest absolute Gasteiger partial charge is 0.224 e. The number of amides is 1. The Morgan fingerprint density at radius 3 is 2.35 bits per heavy atom. The fourth-order valence-electron chi connectivity index (χ4n) is 1.99. The van der Waals surface area contributed by atoms with Crippen LogP contribution in [0.3, 0.4) is 0 Å². The fraction of sp³-hybridized carbons (Fsp3) is 0.588. The zero-order valence-electron chi connectivity index (χ0n) is 13.2. The molecule has 1 amide bonds. The predicted molar refractivity (Wildman–Crippen MR) is 86.2 cm³/mol. The summed E-state index contributed by atoms with van der Waals surface area (Å²) in [5, 5.41) is 6.26. The molecular formula is C17H28N2O. The molecule has 0 saturated heterocycles. The maximum Gasteiger partial charge on any atom is 0.224 e. The van der Waals surface area contributed by atoms with Crippen LogP contribution in [0.25, 0.3) is 0 Å². The third-order valence-electron chi connectivity index (χ3n) is 3.51. The van der Waals surface area contributed by atoms with Gasteiger partial charge in [-0.2, -0.15) is 0 Å². The van der Waals surface area contributed by atoms with Crippen LogP contribution in [0, 0.1) is 0 Å². The van der Waals surface area contributed by atoms with E-state index in [1.807, 2.05) is 12.1 Å². The van der Waals surface area contributed by atoms with Crippen LogP contribution in [0.2, 0.25) is 0 Å². The molecule has 0 saturated carbocycles. The zero-order valence-corrected chi connectivity index (χ0v) is 13.2. The number of nitrogens with one attached hydrogen (secondary N) is 2. The Bertz CT molecular complexity index is 398. The van der Waals surface area contributed by atoms with Crippen LogP contribution in [0.15, 0.2) is 24.3 Å². The van der Waals surface area contributed by atoms with Gasteiger partial charge in [-0.05, 0) is 43.0 Å². The van der Waals surface area contributed by atoms with E-state index in [2.05, 4.69) is 50.5 Å². The molecule has 3 heteroatoms. The van der Waals surface area contributed by atoms with E-state index < -0.39 is 0 Å². The van der Waals surface area contributed by atoms with Gasteiger partial charge in [-0.3, -0.25) is 4.79 Å². The molecule has 0 aliphatic heterocycles. The Kier molecular flexibility index (Phi) is 7.31. The minimum absolute atomic E-state index is 0.0897. The molecule has 1 rings (SSSR count). The van der Waals surface area contributed by atoms with Crippen molar-refractivity contribution in [2.24, 2.45) is 0 Å². The lowest BCUT2D eigenvalue weighted by Crippen LogP contribution is -2.24. The summed E-state index contributed by atoms with van der Waals surface area (Å²) < 4.78 is 0. The van der Waals surface area contributed by atoms with Gasteiger partial charge in [-0.25, -0.2) is 0 Å². The van der Waals surface area contributed by atoms with Crippen molar-refractivity contribution < 1.29 is 4.79 Å². The first kappa shape index (κ1) is 16.7. The molecule has 0 aromatic heterocycles. The minimum Gasteiger partial charge on any atom is -0.326 e. The molecule has 2 N–H and O–H groups in total. The van der Waals surface area contributed by atoms with E-state index in [-0.39, 0.29) is 5.91 Å². The normalized spacial score (nSPS) is 12.4. The zero-order chi connectivity index (χ0) is 15.0. The molecule has 1 aromatic carbocycles. The fourth-order valence-corrected chi connectivity index (χ4v) is 1.99. The van der Waals surface area contributed by atoms with Crippen molar-refractivity contribution in [2.45, 2.75) is 58.9 Å². The third-order valence-corrected chi connectivity index (χ3v) is 3.51. The average molecular weight is 276 g/mol. The third kappa shape index (κ3) is 6.20. The summed E-state index contributed by atoms with van der Waals surface area (Å²) in [5.41, 5.74) is 2.21. The summed E-state index contributed by atoms with van der Waals surface area (Å²) >= 11 is 0. The standard InChI is InChI=1S/C17H28N2O/c1-5-14(4)15-8-10-16(11-9-15)19-17(20)7-6-12-18-13(2)3/h8-11,13-14,18H,5-7,12H2,1-4H3,(H,19,20). The molecule has 1 atom stereocenters. The topological polar surface area (TPSA) is 41.1 Å². The summed E-state index contributed by atoms with van der Waals surface area (Å²) in [5.74, 6) is 0.661. The average Bonchev–Trinajstić information content (AvgIpc) is 2.43. The lowest BCUT2D eigenvalue weighted by molar-refractivity contribution is -0.116. The molecule has 1 aromatic rings. The first-order valence-corrected chi connectivity index (χ1v) is 7.66. The van der Waals surface area contributed by atoms with Gasteiger partial charge in [0, 0.05) is 18.2 Å². The number of rotatable bonds is 8. The van der Waals surface area contributed by atoms with Crippen LogP contribution >= 0.6 is 0 Å². The van der Waals surface area contributed by atoms with Crippen molar-refractivity contribution >= 4 is 11.6 Å². The Morgan fingerprint density at radius 2 is 1.80 bits per heavy atom. The predicted octanol–water partition coefficient (Wildman–Crippen LogP) is 3.92. The van der Waals surface area contributed by atoms with Crippen molar-refractivity contribution in [1.29, 1.82) is 0 Å². The molecule has 0 aliphatic carbocycles. The van der Waals surface area contributed by atoms with Gasteiger partial charge in [0.05, 0.1) is 0 Å².